The quantitative estimate of drug-likeness (QED) is 0.888. The summed E-state index contributed by atoms with van der Waals surface area (Å²) < 4.78 is 10.6. The molecule has 116 valence electrons. The number of rotatable bonds is 3. The minimum Gasteiger partial charge on any atom is -0.496 e. The molecule has 0 bridgehead atoms. The first-order valence-electron chi connectivity index (χ1n) is 6.57. The van der Waals surface area contributed by atoms with Crippen molar-refractivity contribution in [3.8, 4) is 34.8 Å². The number of nitrogens with zero attached hydrogens (tertiary/aromatic N) is 2. The summed E-state index contributed by atoms with van der Waals surface area (Å²) in [6.07, 6.45) is 0. The number of anilines is 1. The molecule has 1 aromatic carbocycles. The molecule has 7 nitrogen and oxygen atoms in total. The lowest BCUT2D eigenvalue weighted by Crippen LogP contribution is -2.16. The molecule has 0 atom stereocenters. The predicted octanol–water partition coefficient (Wildman–Crippen LogP) is 1.69. The molecule has 7 heteroatoms. The van der Waals surface area contributed by atoms with E-state index in [1.165, 1.54) is 14.2 Å². The molecule has 0 aliphatic heterocycles. The number of nitrogens with two attached hydrogens (primary N) is 1. The van der Waals surface area contributed by atoms with Gasteiger partial charge in [-0.05, 0) is 24.6 Å². The highest BCUT2D eigenvalue weighted by Gasteiger charge is 2.22. The number of benzene rings is 1. The number of methoxy groups -OCH3 is 2. The van der Waals surface area contributed by atoms with Gasteiger partial charge in [-0.3, -0.25) is 4.79 Å². The van der Waals surface area contributed by atoms with Gasteiger partial charge in [0.2, 0.25) is 0 Å². The van der Waals surface area contributed by atoms with Crippen molar-refractivity contribution in [3.05, 3.63) is 39.2 Å². The molecule has 0 aliphatic rings. The van der Waals surface area contributed by atoms with Crippen molar-refractivity contribution < 1.29 is 9.47 Å². The lowest BCUT2D eigenvalue weighted by atomic mass is 9.94. The summed E-state index contributed by atoms with van der Waals surface area (Å²) in [5, 5.41) is 18.7. The van der Waals surface area contributed by atoms with Crippen LogP contribution in [0.5, 0.6) is 11.5 Å². The van der Waals surface area contributed by atoms with Crippen LogP contribution < -0.4 is 20.8 Å². The van der Waals surface area contributed by atoms with Crippen LogP contribution in [-0.2, 0) is 0 Å². The number of nitriles is 2. The molecule has 0 radical (unpaired) electrons. The van der Waals surface area contributed by atoms with E-state index in [-0.39, 0.29) is 22.5 Å². The third kappa shape index (κ3) is 2.56. The van der Waals surface area contributed by atoms with Crippen molar-refractivity contribution >= 4 is 5.82 Å². The molecule has 3 N–H and O–H groups in total. The van der Waals surface area contributed by atoms with E-state index in [1.54, 1.807) is 12.1 Å². The van der Waals surface area contributed by atoms with Crippen LogP contribution in [0.1, 0.15) is 16.7 Å². The highest BCUT2D eigenvalue weighted by molar-refractivity contribution is 5.84. The van der Waals surface area contributed by atoms with E-state index in [2.05, 4.69) is 4.98 Å². The van der Waals surface area contributed by atoms with Crippen molar-refractivity contribution in [2.24, 2.45) is 0 Å². The average Bonchev–Trinajstić information content (AvgIpc) is 2.54. The summed E-state index contributed by atoms with van der Waals surface area (Å²) >= 11 is 0. The Kier molecular flexibility index (Phi) is 4.24. The number of ether oxygens (including phenoxy) is 2. The second kappa shape index (κ2) is 6.12. The fourth-order valence-electron chi connectivity index (χ4n) is 2.36. The van der Waals surface area contributed by atoms with Crippen LogP contribution in [0.2, 0.25) is 0 Å². The van der Waals surface area contributed by atoms with E-state index in [1.807, 2.05) is 19.1 Å². The van der Waals surface area contributed by atoms with Gasteiger partial charge in [-0.1, -0.05) is 0 Å². The molecular formula is C16H14N4O3. The Morgan fingerprint density at radius 2 is 1.70 bits per heavy atom. The predicted molar refractivity (Wildman–Crippen MR) is 84.2 cm³/mol. The SMILES string of the molecule is COc1cc(-c2c(C#N)c(N)[nH]c(=O)c2C#N)c(OC)cc1C. The Balaban J connectivity index is 3.01. The maximum Gasteiger partial charge on any atom is 0.268 e. The standard InChI is InChI=1S/C16H14N4O3/c1-8-4-13(23-3)9(5-12(8)22-2)14-10(6-17)15(19)20-16(21)11(14)7-18/h4-5H,1-3H3,(H3,19,20,21). The van der Waals surface area contributed by atoms with Crippen LogP contribution in [0, 0.1) is 29.6 Å². The molecule has 0 fully saturated rings. The van der Waals surface area contributed by atoms with Crippen molar-refractivity contribution in [2.45, 2.75) is 6.92 Å². The Morgan fingerprint density at radius 3 is 2.22 bits per heavy atom. The van der Waals surface area contributed by atoms with Crippen molar-refractivity contribution in [2.75, 3.05) is 20.0 Å². The zero-order valence-electron chi connectivity index (χ0n) is 12.9. The minimum absolute atomic E-state index is 0.00496. The van der Waals surface area contributed by atoms with Gasteiger partial charge in [0, 0.05) is 11.1 Å². The van der Waals surface area contributed by atoms with Crippen LogP contribution in [-0.4, -0.2) is 19.2 Å². The summed E-state index contributed by atoms with van der Waals surface area (Å²) in [5.74, 6) is 0.835. The smallest absolute Gasteiger partial charge is 0.268 e. The number of aromatic amines is 1. The molecule has 2 rings (SSSR count). The molecule has 0 amide bonds. The molecule has 0 saturated carbocycles. The molecule has 23 heavy (non-hydrogen) atoms. The van der Waals surface area contributed by atoms with Gasteiger partial charge in [0.05, 0.1) is 14.2 Å². The van der Waals surface area contributed by atoms with Gasteiger partial charge in [0.25, 0.3) is 5.56 Å². The second-order valence-electron chi connectivity index (χ2n) is 4.74. The van der Waals surface area contributed by atoms with Gasteiger partial charge >= 0.3 is 0 Å². The summed E-state index contributed by atoms with van der Waals surface area (Å²) in [5.41, 5.74) is 6.19. The van der Waals surface area contributed by atoms with Crippen molar-refractivity contribution in [1.29, 1.82) is 10.5 Å². The van der Waals surface area contributed by atoms with E-state index in [4.69, 9.17) is 15.2 Å². The van der Waals surface area contributed by atoms with Crippen LogP contribution in [0.3, 0.4) is 0 Å². The molecule has 0 aliphatic carbocycles. The molecule has 1 aromatic heterocycles. The number of aromatic nitrogens is 1. The first kappa shape index (κ1) is 15.9. The number of nitrogen functional groups attached to an aromatic ring is 1. The number of hydrogen-bond acceptors (Lipinski definition) is 6. The van der Waals surface area contributed by atoms with Crippen molar-refractivity contribution in [1.82, 2.24) is 4.98 Å². The Morgan fingerprint density at radius 1 is 1.09 bits per heavy atom. The van der Waals surface area contributed by atoms with Gasteiger partial charge in [0.1, 0.15) is 40.6 Å². The number of nitrogens with one attached hydrogen (secondary N) is 1. The van der Waals surface area contributed by atoms with Crippen LogP contribution in [0.15, 0.2) is 16.9 Å². The number of H-pyrrole nitrogens is 1. The summed E-state index contributed by atoms with van der Waals surface area (Å²) in [4.78, 5) is 14.3. The molecule has 2 aromatic rings. The highest BCUT2D eigenvalue weighted by atomic mass is 16.5. The van der Waals surface area contributed by atoms with E-state index >= 15 is 0 Å². The first-order chi connectivity index (χ1) is 11.0. The fraction of sp³-hybridized carbons (Fsp3) is 0.188. The Labute approximate surface area is 132 Å². The third-order valence-corrected chi connectivity index (χ3v) is 3.45. The number of hydrogen-bond donors (Lipinski definition) is 2. The van der Waals surface area contributed by atoms with Crippen molar-refractivity contribution in [3.63, 3.8) is 0 Å². The molecule has 0 unspecified atom stereocenters. The van der Waals surface area contributed by atoms with E-state index < -0.39 is 5.56 Å². The largest absolute Gasteiger partial charge is 0.496 e. The van der Waals surface area contributed by atoms with Gasteiger partial charge in [0.15, 0.2) is 0 Å². The molecule has 1 heterocycles. The van der Waals surface area contributed by atoms with Gasteiger partial charge in [-0.15, -0.1) is 0 Å². The monoisotopic (exact) mass is 310 g/mol. The first-order valence-corrected chi connectivity index (χ1v) is 6.57. The minimum atomic E-state index is -0.666. The molecular weight excluding hydrogens is 296 g/mol. The Hall–Kier alpha value is -3.45. The maximum absolute atomic E-state index is 12.0. The topological polar surface area (TPSA) is 125 Å². The fourth-order valence-corrected chi connectivity index (χ4v) is 2.36. The second-order valence-corrected chi connectivity index (χ2v) is 4.74. The maximum atomic E-state index is 12.0. The number of pyridine rings is 1. The summed E-state index contributed by atoms with van der Waals surface area (Å²) in [6, 6.07) is 7.06. The van der Waals surface area contributed by atoms with Gasteiger partial charge < -0.3 is 20.2 Å². The van der Waals surface area contributed by atoms with Gasteiger partial charge in [-0.2, -0.15) is 10.5 Å². The lowest BCUT2D eigenvalue weighted by molar-refractivity contribution is 0.402. The van der Waals surface area contributed by atoms with E-state index in [0.29, 0.717) is 17.1 Å². The molecule has 0 spiro atoms. The summed E-state index contributed by atoms with van der Waals surface area (Å²) in [7, 11) is 2.96. The van der Waals surface area contributed by atoms with Gasteiger partial charge in [-0.25, -0.2) is 0 Å². The number of aryl methyl sites for hydroxylation is 1. The zero-order valence-corrected chi connectivity index (χ0v) is 12.9. The Bertz CT molecular complexity index is 917. The summed E-state index contributed by atoms with van der Waals surface area (Å²) in [6.45, 7) is 1.83. The molecule has 0 saturated heterocycles. The van der Waals surface area contributed by atoms with Crippen LogP contribution >= 0.6 is 0 Å². The average molecular weight is 310 g/mol. The third-order valence-electron chi connectivity index (χ3n) is 3.45. The van der Waals surface area contributed by atoms with Crippen LogP contribution in [0.4, 0.5) is 5.82 Å². The van der Waals surface area contributed by atoms with Crippen LogP contribution in [0.25, 0.3) is 11.1 Å². The lowest BCUT2D eigenvalue weighted by Gasteiger charge is -2.15. The van der Waals surface area contributed by atoms with E-state index in [9.17, 15) is 15.3 Å². The normalized spacial score (nSPS) is 9.78. The zero-order chi connectivity index (χ0) is 17.1. The highest BCUT2D eigenvalue weighted by Crippen LogP contribution is 2.39. The van der Waals surface area contributed by atoms with E-state index in [0.717, 1.165) is 5.56 Å².